The molecule has 0 saturated carbocycles. The minimum atomic E-state index is -3.91. The van der Waals surface area contributed by atoms with E-state index in [0.717, 1.165) is 31.2 Å². The van der Waals surface area contributed by atoms with Gasteiger partial charge in [-0.1, -0.05) is 43.2 Å². The number of carbonyl (C=O) groups is 1. The van der Waals surface area contributed by atoms with Gasteiger partial charge >= 0.3 is 0 Å². The lowest BCUT2D eigenvalue weighted by atomic mass is 10.1. The van der Waals surface area contributed by atoms with Gasteiger partial charge in [0.25, 0.3) is 15.9 Å². The highest BCUT2D eigenvalue weighted by atomic mass is 32.2. The van der Waals surface area contributed by atoms with Gasteiger partial charge in [0.1, 0.15) is 0 Å². The summed E-state index contributed by atoms with van der Waals surface area (Å²) < 4.78 is 57.0. The lowest BCUT2D eigenvalue weighted by molar-refractivity contribution is 0.102. The molecule has 0 aliphatic carbocycles. The number of rotatable bonds is 6. The van der Waals surface area contributed by atoms with E-state index in [4.69, 9.17) is 0 Å². The van der Waals surface area contributed by atoms with Crippen LogP contribution >= 0.6 is 0 Å². The lowest BCUT2D eigenvalue weighted by Crippen LogP contribution is -2.35. The number of carbonyl (C=O) groups excluding carboxylic acids is 1. The summed E-state index contributed by atoms with van der Waals surface area (Å²) in [5.41, 5.74) is 2.71. The summed E-state index contributed by atoms with van der Waals surface area (Å²) in [5, 5.41) is 2.76. The zero-order chi connectivity index (χ0) is 27.8. The number of amides is 1. The first-order valence-corrected chi connectivity index (χ1v) is 16.1. The van der Waals surface area contributed by atoms with Crippen molar-refractivity contribution in [1.82, 2.24) is 4.31 Å². The maximum absolute atomic E-state index is 13.6. The second-order valence-electron chi connectivity index (χ2n) is 10.3. The van der Waals surface area contributed by atoms with Gasteiger partial charge in [0.2, 0.25) is 10.0 Å². The number of benzene rings is 3. The standard InChI is InChI=1S/C29H33N3O5S2/c1-21-14-15-25(20-28(21)39(36,37)31-16-7-3-4-8-17-31)30-29(33)24-11-9-12-26(19-24)38(34,35)32-22(2)18-23-10-5-6-13-27(23)32/h5-6,9-15,19-20,22H,3-4,7-8,16-18H2,1-2H3,(H,30,33)/t22-/m1/s1. The van der Waals surface area contributed by atoms with Gasteiger partial charge < -0.3 is 5.32 Å². The first kappa shape index (κ1) is 27.4. The molecule has 1 fully saturated rings. The molecule has 0 radical (unpaired) electrons. The van der Waals surface area contributed by atoms with Crippen LogP contribution in [0.4, 0.5) is 11.4 Å². The molecule has 0 aromatic heterocycles. The van der Waals surface area contributed by atoms with Gasteiger partial charge in [0, 0.05) is 30.4 Å². The minimum Gasteiger partial charge on any atom is -0.322 e. The van der Waals surface area contributed by atoms with Gasteiger partial charge in [-0.25, -0.2) is 16.8 Å². The van der Waals surface area contributed by atoms with Crippen molar-refractivity contribution in [1.29, 1.82) is 0 Å². The van der Waals surface area contributed by atoms with Crippen molar-refractivity contribution < 1.29 is 21.6 Å². The van der Waals surface area contributed by atoms with E-state index >= 15 is 0 Å². The molecule has 2 aliphatic heterocycles. The average molecular weight is 568 g/mol. The summed E-state index contributed by atoms with van der Waals surface area (Å²) in [6, 6.07) is 17.9. The maximum Gasteiger partial charge on any atom is 0.264 e. The highest BCUT2D eigenvalue weighted by Crippen LogP contribution is 2.36. The molecule has 2 aliphatic rings. The van der Waals surface area contributed by atoms with E-state index < -0.39 is 26.0 Å². The SMILES string of the molecule is Cc1ccc(NC(=O)c2cccc(S(=O)(=O)N3c4ccccc4C[C@H]3C)c2)cc1S(=O)(=O)N1CCCCCC1. The molecule has 10 heteroatoms. The number of hydrogen-bond acceptors (Lipinski definition) is 5. The van der Waals surface area contributed by atoms with E-state index in [2.05, 4.69) is 5.32 Å². The molecule has 5 rings (SSSR count). The molecule has 1 N–H and O–H groups in total. The van der Waals surface area contributed by atoms with Gasteiger partial charge in [-0.05, 0) is 80.6 Å². The normalized spacial score (nSPS) is 18.4. The van der Waals surface area contributed by atoms with Crippen LogP contribution in [0.25, 0.3) is 0 Å². The fourth-order valence-electron chi connectivity index (χ4n) is 5.39. The molecule has 0 spiro atoms. The smallest absolute Gasteiger partial charge is 0.264 e. The Labute approximate surface area is 230 Å². The van der Waals surface area contributed by atoms with Gasteiger partial charge in [-0.2, -0.15) is 4.31 Å². The van der Waals surface area contributed by atoms with Crippen molar-refractivity contribution in [3.05, 3.63) is 83.4 Å². The summed E-state index contributed by atoms with van der Waals surface area (Å²) in [5.74, 6) is -0.524. The first-order chi connectivity index (χ1) is 18.6. The Morgan fingerprint density at radius 1 is 0.846 bits per heavy atom. The van der Waals surface area contributed by atoms with Crippen molar-refractivity contribution in [2.75, 3.05) is 22.7 Å². The molecule has 3 aromatic rings. The van der Waals surface area contributed by atoms with Crippen LogP contribution in [-0.2, 0) is 26.5 Å². The number of sulfonamides is 2. The Kier molecular flexibility index (Phi) is 7.54. The predicted molar refractivity (Wildman–Crippen MR) is 152 cm³/mol. The third-order valence-corrected chi connectivity index (χ3v) is 11.4. The molecule has 39 heavy (non-hydrogen) atoms. The minimum absolute atomic E-state index is 0.0204. The van der Waals surface area contributed by atoms with Gasteiger partial charge in [0.15, 0.2) is 0 Å². The number of nitrogens with one attached hydrogen (secondary N) is 1. The molecule has 2 heterocycles. The number of hydrogen-bond donors (Lipinski definition) is 1. The maximum atomic E-state index is 13.6. The molecule has 8 nitrogen and oxygen atoms in total. The summed E-state index contributed by atoms with van der Waals surface area (Å²) in [6.07, 6.45) is 4.30. The van der Waals surface area contributed by atoms with Crippen molar-refractivity contribution in [3.63, 3.8) is 0 Å². The molecule has 1 atom stereocenters. The van der Waals surface area contributed by atoms with Crippen LogP contribution in [0, 0.1) is 6.92 Å². The summed E-state index contributed by atoms with van der Waals surface area (Å²) in [4.78, 5) is 13.4. The van der Waals surface area contributed by atoms with Gasteiger partial charge in [0.05, 0.1) is 15.5 Å². The Balaban J connectivity index is 1.40. The Hall–Kier alpha value is -3.21. The second kappa shape index (κ2) is 10.7. The highest BCUT2D eigenvalue weighted by molar-refractivity contribution is 7.93. The number of anilines is 2. The van der Waals surface area contributed by atoms with Crippen molar-refractivity contribution in [2.45, 2.75) is 61.8 Å². The first-order valence-electron chi connectivity index (χ1n) is 13.2. The summed E-state index contributed by atoms with van der Waals surface area (Å²) in [6.45, 7) is 4.57. The zero-order valence-electron chi connectivity index (χ0n) is 22.1. The average Bonchev–Trinajstić information content (AvgIpc) is 3.06. The van der Waals surface area contributed by atoms with Gasteiger partial charge in [-0.15, -0.1) is 0 Å². The Bertz CT molecular complexity index is 1610. The van der Waals surface area contributed by atoms with E-state index in [0.29, 0.717) is 36.4 Å². The van der Waals surface area contributed by atoms with Crippen LogP contribution in [0.15, 0.2) is 76.5 Å². The largest absolute Gasteiger partial charge is 0.322 e. The number of para-hydroxylation sites is 1. The van der Waals surface area contributed by atoms with Crippen LogP contribution in [0.5, 0.6) is 0 Å². The molecular weight excluding hydrogens is 534 g/mol. The monoisotopic (exact) mass is 567 g/mol. The molecule has 3 aromatic carbocycles. The number of nitrogens with zero attached hydrogens (tertiary/aromatic N) is 2. The lowest BCUT2D eigenvalue weighted by Gasteiger charge is -2.24. The topological polar surface area (TPSA) is 104 Å². The summed E-state index contributed by atoms with van der Waals surface area (Å²) in [7, 11) is -7.62. The highest BCUT2D eigenvalue weighted by Gasteiger charge is 2.36. The van der Waals surface area contributed by atoms with E-state index in [1.54, 1.807) is 37.3 Å². The Morgan fingerprint density at radius 3 is 2.31 bits per heavy atom. The molecule has 0 bridgehead atoms. The predicted octanol–water partition coefficient (Wildman–Crippen LogP) is 4.95. The zero-order valence-corrected chi connectivity index (χ0v) is 23.8. The number of aryl methyl sites for hydroxylation is 1. The molecule has 0 unspecified atom stereocenters. The van der Waals surface area contributed by atoms with Crippen LogP contribution < -0.4 is 9.62 Å². The second-order valence-corrected chi connectivity index (χ2v) is 14.0. The van der Waals surface area contributed by atoms with E-state index in [1.165, 1.54) is 26.8 Å². The third-order valence-electron chi connectivity index (χ3n) is 7.43. The molecule has 1 saturated heterocycles. The van der Waals surface area contributed by atoms with Crippen molar-refractivity contribution in [3.8, 4) is 0 Å². The van der Waals surface area contributed by atoms with Crippen LogP contribution in [0.3, 0.4) is 0 Å². The van der Waals surface area contributed by atoms with E-state index in [1.807, 2.05) is 25.1 Å². The Morgan fingerprint density at radius 2 is 1.56 bits per heavy atom. The van der Waals surface area contributed by atoms with Crippen LogP contribution in [0.2, 0.25) is 0 Å². The van der Waals surface area contributed by atoms with Crippen LogP contribution in [-0.4, -0.2) is 46.2 Å². The number of fused-ring (bicyclic) bond motifs is 1. The third kappa shape index (κ3) is 5.33. The van der Waals surface area contributed by atoms with Gasteiger partial charge in [-0.3, -0.25) is 9.10 Å². The van der Waals surface area contributed by atoms with Crippen molar-refractivity contribution >= 4 is 37.3 Å². The van der Waals surface area contributed by atoms with Crippen LogP contribution in [0.1, 0.15) is 54.1 Å². The molecule has 206 valence electrons. The molecule has 1 amide bonds. The molecular formula is C29H33N3O5S2. The van der Waals surface area contributed by atoms with E-state index in [9.17, 15) is 21.6 Å². The van der Waals surface area contributed by atoms with Crippen molar-refractivity contribution in [2.24, 2.45) is 0 Å². The fraction of sp³-hybridized carbons (Fsp3) is 0.345. The summed E-state index contributed by atoms with van der Waals surface area (Å²) >= 11 is 0. The quantitative estimate of drug-likeness (QED) is 0.454. The van der Waals surface area contributed by atoms with E-state index in [-0.39, 0.29) is 21.4 Å². The fourth-order valence-corrected chi connectivity index (χ4v) is 8.90.